The van der Waals surface area contributed by atoms with Gasteiger partial charge in [0.2, 0.25) is 0 Å². The quantitative estimate of drug-likeness (QED) is 0.635. The Bertz CT molecular complexity index is 224. The highest BCUT2D eigenvalue weighted by Gasteiger charge is 2.05. The summed E-state index contributed by atoms with van der Waals surface area (Å²) in [7, 11) is 0. The fraction of sp³-hybridized carbons (Fsp3) is 0.875. The van der Waals surface area contributed by atoms with Gasteiger partial charge in [0.25, 0.3) is 0 Å². The summed E-state index contributed by atoms with van der Waals surface area (Å²) < 4.78 is 10.4. The lowest BCUT2D eigenvalue weighted by atomic mass is 10.1. The minimum absolute atomic E-state index is 0.0555. The fourth-order valence-corrected chi connectivity index (χ4v) is 2.32. The molecule has 1 fully saturated rings. The zero-order chi connectivity index (χ0) is 14.5. The summed E-state index contributed by atoms with van der Waals surface area (Å²) in [4.78, 5) is 22.9. The maximum atomic E-state index is 11.4. The van der Waals surface area contributed by atoms with E-state index in [0.29, 0.717) is 26.1 Å². The van der Waals surface area contributed by atoms with Crippen molar-refractivity contribution in [3.05, 3.63) is 0 Å². The molecule has 1 saturated heterocycles. The smallest absolute Gasteiger partial charge is 0.305 e. The van der Waals surface area contributed by atoms with Gasteiger partial charge < -0.3 is 9.47 Å². The van der Waals surface area contributed by atoms with Crippen molar-refractivity contribution in [1.29, 1.82) is 0 Å². The van der Waals surface area contributed by atoms with Crippen molar-refractivity contribution in [3.63, 3.8) is 0 Å². The molecule has 0 spiro atoms. The van der Waals surface area contributed by atoms with E-state index in [1.165, 1.54) is 0 Å². The molecule has 4 nitrogen and oxygen atoms in total. The Morgan fingerprint density at radius 1 is 0.500 bits per heavy atom. The van der Waals surface area contributed by atoms with Gasteiger partial charge in [0, 0.05) is 12.8 Å². The molecule has 1 aliphatic rings. The van der Waals surface area contributed by atoms with E-state index >= 15 is 0 Å². The van der Waals surface area contributed by atoms with Crippen molar-refractivity contribution in [2.75, 3.05) is 13.2 Å². The van der Waals surface area contributed by atoms with Crippen LogP contribution in [0.25, 0.3) is 0 Å². The monoisotopic (exact) mass is 284 g/mol. The van der Waals surface area contributed by atoms with Crippen LogP contribution in [0.15, 0.2) is 0 Å². The van der Waals surface area contributed by atoms with Crippen LogP contribution < -0.4 is 0 Å². The molecule has 1 aliphatic heterocycles. The molecular weight excluding hydrogens is 256 g/mol. The maximum Gasteiger partial charge on any atom is 0.305 e. The summed E-state index contributed by atoms with van der Waals surface area (Å²) in [5, 5.41) is 0. The molecule has 4 heteroatoms. The first kappa shape index (κ1) is 17.0. The second kappa shape index (κ2) is 11.7. The molecule has 0 aromatic heterocycles. The molecule has 0 aliphatic carbocycles. The van der Waals surface area contributed by atoms with Gasteiger partial charge in [-0.15, -0.1) is 0 Å². The molecule has 0 atom stereocenters. The first-order chi connectivity index (χ1) is 9.79. The number of carbonyl (C=O) groups excluding carboxylic acids is 2. The molecule has 20 heavy (non-hydrogen) atoms. The summed E-state index contributed by atoms with van der Waals surface area (Å²) in [5.74, 6) is -0.111. The standard InChI is InChI=1S/C16H28O4/c17-15-11-7-3-1-5-9-13-19-16(18)12-8-4-2-6-10-14-20-15/h1-14H2. The first-order valence-electron chi connectivity index (χ1n) is 8.10. The Morgan fingerprint density at radius 3 is 1.30 bits per heavy atom. The van der Waals surface area contributed by atoms with Gasteiger partial charge >= 0.3 is 11.9 Å². The van der Waals surface area contributed by atoms with Crippen LogP contribution in [0.4, 0.5) is 0 Å². The summed E-state index contributed by atoms with van der Waals surface area (Å²) in [6, 6.07) is 0. The number of cyclic esters (lactones) is 2. The number of carbonyl (C=O) groups is 2. The van der Waals surface area contributed by atoms with E-state index in [1.54, 1.807) is 0 Å². The van der Waals surface area contributed by atoms with Crippen LogP contribution >= 0.6 is 0 Å². The molecule has 0 aromatic carbocycles. The van der Waals surface area contributed by atoms with Crippen molar-refractivity contribution in [3.8, 4) is 0 Å². The van der Waals surface area contributed by atoms with E-state index in [0.717, 1.165) is 64.2 Å². The molecular formula is C16H28O4. The van der Waals surface area contributed by atoms with E-state index in [1.807, 2.05) is 0 Å². The van der Waals surface area contributed by atoms with E-state index in [4.69, 9.17) is 9.47 Å². The summed E-state index contributed by atoms with van der Waals surface area (Å²) >= 11 is 0. The zero-order valence-electron chi connectivity index (χ0n) is 12.5. The lowest BCUT2D eigenvalue weighted by Gasteiger charge is -2.07. The van der Waals surface area contributed by atoms with Gasteiger partial charge in [0.05, 0.1) is 13.2 Å². The third kappa shape index (κ3) is 9.82. The first-order valence-corrected chi connectivity index (χ1v) is 8.10. The summed E-state index contributed by atoms with van der Waals surface area (Å²) in [6.07, 6.45) is 11.1. The van der Waals surface area contributed by atoms with Gasteiger partial charge in [-0.2, -0.15) is 0 Å². The lowest BCUT2D eigenvalue weighted by Crippen LogP contribution is -2.07. The van der Waals surface area contributed by atoms with Crippen LogP contribution in [0, 0.1) is 0 Å². The zero-order valence-corrected chi connectivity index (χ0v) is 12.5. The van der Waals surface area contributed by atoms with E-state index in [9.17, 15) is 9.59 Å². The van der Waals surface area contributed by atoms with E-state index in [-0.39, 0.29) is 11.9 Å². The molecule has 0 bridgehead atoms. The average Bonchev–Trinajstić information content (AvgIpc) is 2.43. The van der Waals surface area contributed by atoms with Crippen LogP contribution in [0.5, 0.6) is 0 Å². The van der Waals surface area contributed by atoms with Crippen LogP contribution in [0.3, 0.4) is 0 Å². The Hall–Kier alpha value is -1.06. The van der Waals surface area contributed by atoms with Gasteiger partial charge in [-0.3, -0.25) is 9.59 Å². The molecule has 0 amide bonds. The molecule has 0 N–H and O–H groups in total. The summed E-state index contributed by atoms with van der Waals surface area (Å²) in [5.41, 5.74) is 0. The fourth-order valence-electron chi connectivity index (χ4n) is 2.32. The number of rotatable bonds is 0. The van der Waals surface area contributed by atoms with Crippen molar-refractivity contribution >= 4 is 11.9 Å². The van der Waals surface area contributed by atoms with Gasteiger partial charge in [-0.1, -0.05) is 38.5 Å². The Morgan fingerprint density at radius 2 is 0.850 bits per heavy atom. The van der Waals surface area contributed by atoms with Gasteiger partial charge in [-0.05, 0) is 25.7 Å². The molecule has 1 rings (SSSR count). The maximum absolute atomic E-state index is 11.4. The van der Waals surface area contributed by atoms with Crippen molar-refractivity contribution < 1.29 is 19.1 Å². The van der Waals surface area contributed by atoms with Gasteiger partial charge in [0.1, 0.15) is 0 Å². The van der Waals surface area contributed by atoms with Gasteiger partial charge in [0.15, 0.2) is 0 Å². The Balaban J connectivity index is 2.19. The molecule has 0 unspecified atom stereocenters. The number of hydrogen-bond acceptors (Lipinski definition) is 4. The van der Waals surface area contributed by atoms with Crippen molar-refractivity contribution in [1.82, 2.24) is 0 Å². The molecule has 0 saturated carbocycles. The third-order valence-electron chi connectivity index (χ3n) is 3.58. The van der Waals surface area contributed by atoms with E-state index < -0.39 is 0 Å². The topological polar surface area (TPSA) is 52.6 Å². The number of ether oxygens (including phenoxy) is 2. The van der Waals surface area contributed by atoms with Crippen LogP contribution in [0.1, 0.15) is 77.0 Å². The van der Waals surface area contributed by atoms with Crippen LogP contribution in [0.2, 0.25) is 0 Å². The largest absolute Gasteiger partial charge is 0.466 e. The predicted octanol–water partition coefficient (Wildman–Crippen LogP) is 3.77. The minimum atomic E-state index is -0.0555. The third-order valence-corrected chi connectivity index (χ3v) is 3.58. The summed E-state index contributed by atoms with van der Waals surface area (Å²) in [6.45, 7) is 1.09. The molecule has 0 radical (unpaired) electrons. The minimum Gasteiger partial charge on any atom is -0.466 e. The predicted molar refractivity (Wildman–Crippen MR) is 77.3 cm³/mol. The molecule has 1 heterocycles. The van der Waals surface area contributed by atoms with Crippen LogP contribution in [-0.2, 0) is 19.1 Å². The van der Waals surface area contributed by atoms with E-state index in [2.05, 4.69) is 0 Å². The van der Waals surface area contributed by atoms with Crippen molar-refractivity contribution in [2.24, 2.45) is 0 Å². The Labute approximate surface area is 122 Å². The highest BCUT2D eigenvalue weighted by atomic mass is 16.5. The molecule has 0 aromatic rings. The highest BCUT2D eigenvalue weighted by Crippen LogP contribution is 2.10. The highest BCUT2D eigenvalue weighted by molar-refractivity contribution is 5.69. The second-order valence-electron chi connectivity index (χ2n) is 5.48. The second-order valence-corrected chi connectivity index (χ2v) is 5.48. The SMILES string of the molecule is O=C1CCCCCCCOC(=O)CCCCCCCO1. The molecule has 116 valence electrons. The number of esters is 2. The average molecular weight is 284 g/mol. The normalized spacial score (nSPS) is 22.2. The number of hydrogen-bond donors (Lipinski definition) is 0. The van der Waals surface area contributed by atoms with Crippen LogP contribution in [-0.4, -0.2) is 25.2 Å². The van der Waals surface area contributed by atoms with Crippen molar-refractivity contribution in [2.45, 2.75) is 77.0 Å². The lowest BCUT2D eigenvalue weighted by molar-refractivity contribution is -0.145. The van der Waals surface area contributed by atoms with Gasteiger partial charge in [-0.25, -0.2) is 0 Å². The Kier molecular flexibility index (Phi) is 9.98.